The van der Waals surface area contributed by atoms with E-state index < -0.39 is 5.97 Å². The largest absolute Gasteiger partial charge is 0.452 e. The Kier molecular flexibility index (Phi) is 5.31. The summed E-state index contributed by atoms with van der Waals surface area (Å²) < 4.78 is 5.32. The Bertz CT molecular complexity index is 797. The molecule has 0 bridgehead atoms. The highest BCUT2D eigenvalue weighted by Gasteiger charge is 2.25. The number of fused-ring (bicyclic) bond motifs is 1. The van der Waals surface area contributed by atoms with Crippen molar-refractivity contribution in [2.24, 2.45) is 0 Å². The summed E-state index contributed by atoms with van der Waals surface area (Å²) in [7, 11) is 0. The van der Waals surface area contributed by atoms with Gasteiger partial charge in [0.15, 0.2) is 6.61 Å². The van der Waals surface area contributed by atoms with Crippen LogP contribution in [-0.4, -0.2) is 29.5 Å². The summed E-state index contributed by atoms with van der Waals surface area (Å²) in [4.78, 5) is 29.3. The summed E-state index contributed by atoms with van der Waals surface area (Å²) in [5.74, 6) is -0.681. The Morgan fingerprint density at radius 3 is 2.68 bits per heavy atom. The lowest BCUT2D eigenvalue weighted by atomic mass is 9.96. The van der Waals surface area contributed by atoms with Crippen molar-refractivity contribution in [1.29, 1.82) is 0 Å². The van der Waals surface area contributed by atoms with Crippen LogP contribution in [0.4, 0.5) is 0 Å². The molecular weight excluding hydrogens is 316 g/mol. The van der Waals surface area contributed by atoms with Gasteiger partial charge in [-0.05, 0) is 37.3 Å². The third-order valence-corrected chi connectivity index (χ3v) is 4.40. The average molecular weight is 340 g/mol. The maximum absolute atomic E-state index is 12.8. The van der Waals surface area contributed by atoms with Crippen molar-refractivity contribution in [3.63, 3.8) is 0 Å². The summed E-state index contributed by atoms with van der Waals surface area (Å²) in [5, 5.41) is 3.61. The molecule has 5 heteroatoms. The molecule has 0 saturated heterocycles. The van der Waals surface area contributed by atoms with E-state index in [-0.39, 0.29) is 18.6 Å². The Morgan fingerprint density at radius 1 is 1.24 bits per heavy atom. The lowest BCUT2D eigenvalue weighted by molar-refractivity contribution is -0.124. The molecule has 0 aliphatic heterocycles. The summed E-state index contributed by atoms with van der Waals surface area (Å²) in [5.41, 5.74) is 3.21. The standard InChI is InChI=1S/C20H24N2O3/c1-3-7-16-14(4-2)19(15-8-5-6-9-17(15)22-16)20(24)25-12-18(23)21-13-10-11-13/h5-6,8-9,13H,3-4,7,10-12H2,1-2H3,(H,21,23). The van der Waals surface area contributed by atoms with Crippen LogP contribution in [0.15, 0.2) is 24.3 Å². The number of carbonyl (C=O) groups excluding carboxylic acids is 2. The van der Waals surface area contributed by atoms with Crippen molar-refractivity contribution in [3.8, 4) is 0 Å². The minimum Gasteiger partial charge on any atom is -0.452 e. The molecule has 5 nitrogen and oxygen atoms in total. The SMILES string of the molecule is CCCc1nc2ccccc2c(C(=O)OCC(=O)NC2CC2)c1CC. The zero-order chi connectivity index (χ0) is 17.8. The molecule has 0 atom stereocenters. The van der Waals surface area contributed by atoms with Gasteiger partial charge in [0.05, 0.1) is 11.1 Å². The van der Waals surface area contributed by atoms with E-state index in [0.717, 1.165) is 47.8 Å². The number of nitrogens with one attached hydrogen (secondary N) is 1. The fourth-order valence-electron chi connectivity index (χ4n) is 3.06. The second kappa shape index (κ2) is 7.64. The quantitative estimate of drug-likeness (QED) is 0.786. The highest BCUT2D eigenvalue weighted by molar-refractivity contribution is 6.05. The molecule has 1 aliphatic carbocycles. The normalized spacial score (nSPS) is 13.7. The van der Waals surface area contributed by atoms with Gasteiger partial charge in [-0.25, -0.2) is 4.79 Å². The van der Waals surface area contributed by atoms with Gasteiger partial charge in [-0.1, -0.05) is 38.5 Å². The highest BCUT2D eigenvalue weighted by atomic mass is 16.5. The lowest BCUT2D eigenvalue weighted by Gasteiger charge is -2.15. The van der Waals surface area contributed by atoms with E-state index in [0.29, 0.717) is 12.0 Å². The number of aryl methyl sites for hydroxylation is 1. The summed E-state index contributed by atoms with van der Waals surface area (Å²) in [6.45, 7) is 3.87. The average Bonchev–Trinajstić information content (AvgIpc) is 3.42. The zero-order valence-electron chi connectivity index (χ0n) is 14.8. The number of para-hydroxylation sites is 1. The van der Waals surface area contributed by atoms with Crippen LogP contribution in [0.25, 0.3) is 10.9 Å². The van der Waals surface area contributed by atoms with Crippen LogP contribution in [0.5, 0.6) is 0 Å². The molecule has 25 heavy (non-hydrogen) atoms. The molecule has 1 saturated carbocycles. The Balaban J connectivity index is 1.91. The number of benzene rings is 1. The molecule has 1 aliphatic rings. The second-order valence-electron chi connectivity index (χ2n) is 6.45. The van der Waals surface area contributed by atoms with E-state index in [1.54, 1.807) is 0 Å². The molecule has 1 heterocycles. The van der Waals surface area contributed by atoms with E-state index in [1.807, 2.05) is 31.2 Å². The van der Waals surface area contributed by atoms with Crippen molar-refractivity contribution in [2.45, 2.75) is 52.0 Å². The maximum atomic E-state index is 12.8. The Morgan fingerprint density at radius 2 is 2.00 bits per heavy atom. The predicted molar refractivity (Wildman–Crippen MR) is 96.6 cm³/mol. The number of esters is 1. The number of amides is 1. The monoisotopic (exact) mass is 340 g/mol. The Labute approximate surface area is 147 Å². The summed E-state index contributed by atoms with van der Waals surface area (Å²) >= 11 is 0. The minimum absolute atomic E-state index is 0.235. The molecule has 1 N–H and O–H groups in total. The molecule has 1 aromatic carbocycles. The fraction of sp³-hybridized carbons (Fsp3) is 0.450. The zero-order valence-corrected chi connectivity index (χ0v) is 14.8. The Hall–Kier alpha value is -2.43. The lowest BCUT2D eigenvalue weighted by Crippen LogP contribution is -2.30. The second-order valence-corrected chi connectivity index (χ2v) is 6.45. The molecule has 1 aromatic heterocycles. The van der Waals surface area contributed by atoms with Crippen LogP contribution in [0.2, 0.25) is 0 Å². The van der Waals surface area contributed by atoms with Gasteiger partial charge in [0.2, 0.25) is 0 Å². The van der Waals surface area contributed by atoms with Gasteiger partial charge in [-0.3, -0.25) is 9.78 Å². The first-order valence-electron chi connectivity index (χ1n) is 9.01. The number of aromatic nitrogens is 1. The first-order chi connectivity index (χ1) is 12.1. The maximum Gasteiger partial charge on any atom is 0.339 e. The number of rotatable bonds is 7. The van der Waals surface area contributed by atoms with Crippen molar-refractivity contribution >= 4 is 22.8 Å². The number of pyridine rings is 1. The molecule has 1 fully saturated rings. The van der Waals surface area contributed by atoms with Gasteiger partial charge in [0.1, 0.15) is 0 Å². The first-order valence-corrected chi connectivity index (χ1v) is 9.01. The van der Waals surface area contributed by atoms with Crippen LogP contribution in [0.1, 0.15) is 54.7 Å². The van der Waals surface area contributed by atoms with Crippen LogP contribution in [0, 0.1) is 0 Å². The topological polar surface area (TPSA) is 68.3 Å². The van der Waals surface area contributed by atoms with E-state index in [2.05, 4.69) is 12.2 Å². The first kappa shape index (κ1) is 17.4. The van der Waals surface area contributed by atoms with Crippen LogP contribution in [0.3, 0.4) is 0 Å². The molecular formula is C20H24N2O3. The number of carbonyl (C=O) groups is 2. The molecule has 0 radical (unpaired) electrons. The third-order valence-electron chi connectivity index (χ3n) is 4.40. The number of hydrogen-bond donors (Lipinski definition) is 1. The minimum atomic E-state index is -0.446. The van der Waals surface area contributed by atoms with Crippen LogP contribution < -0.4 is 5.32 Å². The van der Waals surface area contributed by atoms with Crippen molar-refractivity contribution < 1.29 is 14.3 Å². The highest BCUT2D eigenvalue weighted by Crippen LogP contribution is 2.26. The smallest absolute Gasteiger partial charge is 0.339 e. The predicted octanol–water partition coefficient (Wildman–Crippen LogP) is 3.19. The van der Waals surface area contributed by atoms with Gasteiger partial charge in [0, 0.05) is 17.1 Å². The number of nitrogens with zero attached hydrogens (tertiary/aromatic N) is 1. The molecule has 2 aromatic rings. The fourth-order valence-corrected chi connectivity index (χ4v) is 3.06. The van der Waals surface area contributed by atoms with Gasteiger partial charge in [0.25, 0.3) is 5.91 Å². The molecule has 3 rings (SSSR count). The van der Waals surface area contributed by atoms with E-state index in [1.165, 1.54) is 0 Å². The third kappa shape index (κ3) is 3.98. The molecule has 0 spiro atoms. The van der Waals surface area contributed by atoms with Gasteiger partial charge in [-0.2, -0.15) is 0 Å². The van der Waals surface area contributed by atoms with Crippen LogP contribution in [-0.2, 0) is 22.4 Å². The number of ether oxygens (including phenoxy) is 1. The van der Waals surface area contributed by atoms with E-state index >= 15 is 0 Å². The van der Waals surface area contributed by atoms with Gasteiger partial charge >= 0.3 is 5.97 Å². The molecule has 0 unspecified atom stereocenters. The van der Waals surface area contributed by atoms with Crippen LogP contribution >= 0.6 is 0 Å². The summed E-state index contributed by atoms with van der Waals surface area (Å²) in [6, 6.07) is 7.85. The molecule has 1 amide bonds. The van der Waals surface area contributed by atoms with Crippen molar-refractivity contribution in [2.75, 3.05) is 6.61 Å². The van der Waals surface area contributed by atoms with Crippen molar-refractivity contribution in [1.82, 2.24) is 10.3 Å². The van der Waals surface area contributed by atoms with E-state index in [4.69, 9.17) is 9.72 Å². The van der Waals surface area contributed by atoms with Gasteiger partial charge < -0.3 is 10.1 Å². The van der Waals surface area contributed by atoms with Gasteiger partial charge in [-0.15, -0.1) is 0 Å². The van der Waals surface area contributed by atoms with E-state index in [9.17, 15) is 9.59 Å². The molecule has 132 valence electrons. The van der Waals surface area contributed by atoms with Crippen molar-refractivity contribution in [3.05, 3.63) is 41.1 Å². The number of hydrogen-bond acceptors (Lipinski definition) is 4. The summed E-state index contributed by atoms with van der Waals surface area (Å²) in [6.07, 6.45) is 4.49.